The minimum Gasteiger partial charge on any atom is -0.0730 e. The molecule has 3 aliphatic carbocycles. The van der Waals surface area contributed by atoms with Crippen LogP contribution >= 0.6 is 0 Å². The van der Waals surface area contributed by atoms with Crippen LogP contribution in [0, 0.1) is 0 Å². The van der Waals surface area contributed by atoms with Crippen LogP contribution in [0.5, 0.6) is 0 Å². The van der Waals surface area contributed by atoms with Crippen molar-refractivity contribution in [2.75, 3.05) is 0 Å². The molecule has 98 valence electrons. The molecule has 0 aliphatic heterocycles. The Balaban J connectivity index is 1.76. The van der Waals surface area contributed by atoms with Crippen LogP contribution in [-0.4, -0.2) is 0 Å². The molecule has 0 fully saturated rings. The zero-order valence-electron chi connectivity index (χ0n) is 11.5. The van der Waals surface area contributed by atoms with Crippen molar-refractivity contribution in [1.29, 1.82) is 0 Å². The van der Waals surface area contributed by atoms with Crippen molar-refractivity contribution in [2.45, 2.75) is 23.7 Å². The second-order valence-corrected chi connectivity index (χ2v) is 5.98. The molecule has 2 aromatic rings. The Bertz CT molecular complexity index is 588. The highest BCUT2D eigenvalue weighted by atomic mass is 14.4. The molecule has 20 heavy (non-hydrogen) atoms. The van der Waals surface area contributed by atoms with Gasteiger partial charge in [0.15, 0.2) is 0 Å². The molecule has 2 bridgehead atoms. The Morgan fingerprint density at radius 3 is 1.15 bits per heavy atom. The van der Waals surface area contributed by atoms with E-state index in [4.69, 9.17) is 0 Å². The maximum atomic E-state index is 2.42. The third kappa shape index (κ3) is 1.61. The van der Waals surface area contributed by atoms with Crippen molar-refractivity contribution in [3.8, 4) is 0 Å². The Labute approximate surface area is 120 Å². The van der Waals surface area contributed by atoms with Crippen molar-refractivity contribution < 1.29 is 0 Å². The smallest absolute Gasteiger partial charge is 0.0313 e. The molecule has 0 saturated heterocycles. The maximum absolute atomic E-state index is 2.42. The van der Waals surface area contributed by atoms with E-state index in [9.17, 15) is 0 Å². The normalized spacial score (nSPS) is 30.6. The maximum Gasteiger partial charge on any atom is 0.0313 e. The lowest BCUT2D eigenvalue weighted by Gasteiger charge is -2.45. The van der Waals surface area contributed by atoms with Crippen LogP contribution in [0.15, 0.2) is 85.0 Å². The second-order valence-electron chi connectivity index (χ2n) is 5.98. The lowest BCUT2D eigenvalue weighted by atomic mass is 9.59. The lowest BCUT2D eigenvalue weighted by Crippen LogP contribution is -2.37. The number of rotatable bonds is 2. The highest BCUT2D eigenvalue weighted by Gasteiger charge is 2.42. The van der Waals surface area contributed by atoms with Gasteiger partial charge in [-0.05, 0) is 24.0 Å². The average molecular weight is 258 g/mol. The summed E-state index contributed by atoms with van der Waals surface area (Å²) >= 11 is 0. The second kappa shape index (κ2) is 4.21. The molecular formula is C20H18. The Kier molecular flexibility index (Phi) is 2.47. The molecule has 0 heterocycles. The predicted molar refractivity (Wildman–Crippen MR) is 83.8 cm³/mol. The van der Waals surface area contributed by atoms with Gasteiger partial charge in [0.25, 0.3) is 0 Å². The van der Waals surface area contributed by atoms with E-state index in [0.717, 1.165) is 0 Å². The quantitative estimate of drug-likeness (QED) is 0.680. The molecule has 0 atom stereocenters. The zero-order chi connectivity index (χ0) is 13.5. The van der Waals surface area contributed by atoms with Crippen molar-refractivity contribution in [2.24, 2.45) is 0 Å². The standard InChI is InChI=1S/C20H18/c1-3-7-17(8-4-1)19-11-14-20(15-12-19,16-13-19)18-9-5-2-6-10-18/h1-12,14-15H,13,16H2. The number of hydrogen-bond donors (Lipinski definition) is 0. The third-order valence-corrected chi connectivity index (χ3v) is 4.93. The first-order valence-electron chi connectivity index (χ1n) is 7.35. The summed E-state index contributed by atoms with van der Waals surface area (Å²) in [5.41, 5.74) is 3.07. The molecule has 0 aromatic heterocycles. The molecule has 2 aromatic carbocycles. The molecule has 0 nitrogen and oxygen atoms in total. The fourth-order valence-electron chi connectivity index (χ4n) is 3.62. The van der Waals surface area contributed by atoms with Crippen LogP contribution in [0.1, 0.15) is 24.0 Å². The SMILES string of the molecule is C1=CC2(c3ccccc3)C=CC1(c1ccccc1)CC2. The topological polar surface area (TPSA) is 0 Å². The number of allylic oxidation sites excluding steroid dienone is 4. The fraction of sp³-hybridized carbons (Fsp3) is 0.200. The van der Waals surface area contributed by atoms with Crippen molar-refractivity contribution in [1.82, 2.24) is 0 Å². The minimum absolute atomic E-state index is 0.123. The van der Waals surface area contributed by atoms with Crippen LogP contribution in [0.4, 0.5) is 0 Å². The fourth-order valence-corrected chi connectivity index (χ4v) is 3.62. The minimum atomic E-state index is 0.123. The van der Waals surface area contributed by atoms with Crippen molar-refractivity contribution >= 4 is 0 Å². The summed E-state index contributed by atoms with van der Waals surface area (Å²) in [4.78, 5) is 0. The van der Waals surface area contributed by atoms with E-state index in [2.05, 4.69) is 85.0 Å². The summed E-state index contributed by atoms with van der Waals surface area (Å²) < 4.78 is 0. The molecule has 5 rings (SSSR count). The zero-order valence-corrected chi connectivity index (χ0v) is 11.5. The van der Waals surface area contributed by atoms with E-state index in [1.165, 1.54) is 24.0 Å². The summed E-state index contributed by atoms with van der Waals surface area (Å²) in [6.07, 6.45) is 12.0. The van der Waals surface area contributed by atoms with E-state index in [0.29, 0.717) is 0 Å². The molecule has 0 amide bonds. The molecule has 0 heteroatoms. The Morgan fingerprint density at radius 2 is 0.850 bits per heavy atom. The van der Waals surface area contributed by atoms with E-state index >= 15 is 0 Å². The van der Waals surface area contributed by atoms with Gasteiger partial charge in [-0.25, -0.2) is 0 Å². The van der Waals surface area contributed by atoms with Crippen LogP contribution < -0.4 is 0 Å². The molecule has 0 unspecified atom stereocenters. The first-order valence-corrected chi connectivity index (χ1v) is 7.35. The summed E-state index contributed by atoms with van der Waals surface area (Å²) in [6.45, 7) is 0. The van der Waals surface area contributed by atoms with E-state index in [-0.39, 0.29) is 10.8 Å². The molecular weight excluding hydrogens is 240 g/mol. The number of fused-ring (bicyclic) bond motifs is 1. The van der Waals surface area contributed by atoms with Crippen molar-refractivity contribution in [3.05, 3.63) is 96.1 Å². The molecule has 0 radical (unpaired) electrons. The van der Waals surface area contributed by atoms with Gasteiger partial charge in [-0.15, -0.1) is 0 Å². The van der Waals surface area contributed by atoms with Gasteiger partial charge < -0.3 is 0 Å². The van der Waals surface area contributed by atoms with Crippen molar-refractivity contribution in [3.63, 3.8) is 0 Å². The van der Waals surface area contributed by atoms with Gasteiger partial charge in [-0.3, -0.25) is 0 Å². The van der Waals surface area contributed by atoms with E-state index < -0.39 is 0 Å². The van der Waals surface area contributed by atoms with Gasteiger partial charge in [-0.1, -0.05) is 85.0 Å². The lowest BCUT2D eigenvalue weighted by molar-refractivity contribution is 0.425. The summed E-state index contributed by atoms with van der Waals surface area (Å²) in [5, 5.41) is 0. The largest absolute Gasteiger partial charge is 0.0730 e. The average Bonchev–Trinajstić information content (AvgIpc) is 2.58. The molecule has 0 saturated carbocycles. The Morgan fingerprint density at radius 1 is 0.500 bits per heavy atom. The van der Waals surface area contributed by atoms with Crippen LogP contribution in [0.3, 0.4) is 0 Å². The van der Waals surface area contributed by atoms with E-state index in [1.807, 2.05) is 0 Å². The van der Waals surface area contributed by atoms with Crippen LogP contribution in [0.2, 0.25) is 0 Å². The first-order chi connectivity index (χ1) is 9.83. The summed E-state index contributed by atoms with van der Waals surface area (Å²) in [5.74, 6) is 0. The monoisotopic (exact) mass is 258 g/mol. The highest BCUT2D eigenvalue weighted by molar-refractivity contribution is 5.50. The van der Waals surface area contributed by atoms with Gasteiger partial charge in [0.1, 0.15) is 0 Å². The van der Waals surface area contributed by atoms with Crippen LogP contribution in [0.25, 0.3) is 0 Å². The van der Waals surface area contributed by atoms with Crippen LogP contribution in [-0.2, 0) is 10.8 Å². The van der Waals surface area contributed by atoms with Gasteiger partial charge in [0.05, 0.1) is 0 Å². The Hall–Kier alpha value is -2.08. The van der Waals surface area contributed by atoms with E-state index in [1.54, 1.807) is 0 Å². The summed E-state index contributed by atoms with van der Waals surface area (Å²) in [6, 6.07) is 21.7. The predicted octanol–water partition coefficient (Wildman–Crippen LogP) is 4.78. The first kappa shape index (κ1) is 11.7. The van der Waals surface area contributed by atoms with Gasteiger partial charge in [-0.2, -0.15) is 0 Å². The molecule has 0 N–H and O–H groups in total. The molecule has 0 spiro atoms. The van der Waals surface area contributed by atoms with Gasteiger partial charge >= 0.3 is 0 Å². The summed E-state index contributed by atoms with van der Waals surface area (Å²) in [7, 11) is 0. The molecule has 3 aliphatic rings. The van der Waals surface area contributed by atoms with Gasteiger partial charge in [0, 0.05) is 10.8 Å². The van der Waals surface area contributed by atoms with Gasteiger partial charge in [0.2, 0.25) is 0 Å². The number of hydrogen-bond acceptors (Lipinski definition) is 0. The highest BCUT2D eigenvalue weighted by Crippen LogP contribution is 2.49. The number of benzene rings is 2. The third-order valence-electron chi connectivity index (χ3n) is 4.93.